The van der Waals surface area contributed by atoms with Gasteiger partial charge in [-0.3, -0.25) is 9.48 Å². The molecule has 1 aliphatic heterocycles. The normalized spacial score (nSPS) is 15.3. The van der Waals surface area contributed by atoms with Crippen LogP contribution in [0.25, 0.3) is 11.0 Å². The van der Waals surface area contributed by atoms with E-state index in [1.165, 1.54) is 6.07 Å². The molecule has 0 saturated carbocycles. The van der Waals surface area contributed by atoms with Crippen molar-refractivity contribution in [3.05, 3.63) is 59.2 Å². The first-order valence-electron chi connectivity index (χ1n) is 9.84. The van der Waals surface area contributed by atoms with E-state index in [4.69, 9.17) is 4.98 Å². The molecule has 1 aliphatic rings. The lowest BCUT2D eigenvalue weighted by molar-refractivity contribution is -0.132. The van der Waals surface area contributed by atoms with Crippen molar-refractivity contribution in [2.45, 2.75) is 38.5 Å². The molecule has 0 radical (unpaired) electrons. The first-order valence-corrected chi connectivity index (χ1v) is 9.84. The molecule has 0 unspecified atom stereocenters. The minimum absolute atomic E-state index is 0.104. The lowest BCUT2D eigenvalue weighted by atomic mass is 9.92. The van der Waals surface area contributed by atoms with Gasteiger partial charge in [-0.25, -0.2) is 9.37 Å². The summed E-state index contributed by atoms with van der Waals surface area (Å²) in [5.74, 6) is 0.225. The molecule has 0 atom stereocenters. The fourth-order valence-corrected chi connectivity index (χ4v) is 4.07. The molecule has 5 nitrogen and oxygen atoms in total. The molecule has 4 rings (SSSR count). The second-order valence-electron chi connectivity index (χ2n) is 7.56. The van der Waals surface area contributed by atoms with Crippen LogP contribution in [0.1, 0.15) is 42.1 Å². The summed E-state index contributed by atoms with van der Waals surface area (Å²) < 4.78 is 15.6. The number of fused-ring (bicyclic) bond motifs is 1. The summed E-state index contributed by atoms with van der Waals surface area (Å²) in [6, 6.07) is 10.9. The number of hydrogen-bond donors (Lipinski definition) is 0. The van der Waals surface area contributed by atoms with E-state index >= 15 is 0 Å². The number of likely N-dealkylation sites (tertiary alicyclic amines) is 1. The Balaban J connectivity index is 1.36. The van der Waals surface area contributed by atoms with Crippen LogP contribution in [0.2, 0.25) is 0 Å². The van der Waals surface area contributed by atoms with Gasteiger partial charge < -0.3 is 4.90 Å². The number of nitrogens with zero attached hydrogens (tertiary/aromatic N) is 4. The van der Waals surface area contributed by atoms with Crippen molar-refractivity contribution < 1.29 is 9.18 Å². The van der Waals surface area contributed by atoms with E-state index in [0.717, 1.165) is 48.4 Å². The van der Waals surface area contributed by atoms with Gasteiger partial charge in [0, 0.05) is 43.6 Å². The molecule has 0 spiro atoms. The zero-order valence-electron chi connectivity index (χ0n) is 16.4. The Morgan fingerprint density at radius 1 is 1.18 bits per heavy atom. The highest BCUT2D eigenvalue weighted by molar-refractivity contribution is 5.78. The van der Waals surface area contributed by atoms with E-state index in [1.807, 2.05) is 29.6 Å². The Kier molecular flexibility index (Phi) is 5.11. The number of pyridine rings is 1. The SMILES string of the molecule is Cc1nn(C)c2nc(C3CCN(C(=O)CCc4ccccc4F)CC3)ccc12. The van der Waals surface area contributed by atoms with Crippen molar-refractivity contribution >= 4 is 16.9 Å². The number of halogens is 1. The third-order valence-electron chi connectivity index (χ3n) is 5.72. The first kappa shape index (κ1) is 18.6. The van der Waals surface area contributed by atoms with Crippen LogP contribution in [0.3, 0.4) is 0 Å². The monoisotopic (exact) mass is 380 g/mol. The van der Waals surface area contributed by atoms with Crippen molar-refractivity contribution in [1.29, 1.82) is 0 Å². The van der Waals surface area contributed by atoms with Crippen molar-refractivity contribution in [2.24, 2.45) is 7.05 Å². The molecule has 1 aromatic carbocycles. The van der Waals surface area contributed by atoms with Crippen molar-refractivity contribution in [3.8, 4) is 0 Å². The Morgan fingerprint density at radius 2 is 1.93 bits per heavy atom. The highest BCUT2D eigenvalue weighted by Crippen LogP contribution is 2.29. The quantitative estimate of drug-likeness (QED) is 0.693. The maximum absolute atomic E-state index is 13.7. The van der Waals surface area contributed by atoms with E-state index in [0.29, 0.717) is 24.3 Å². The maximum Gasteiger partial charge on any atom is 0.222 e. The van der Waals surface area contributed by atoms with Crippen molar-refractivity contribution in [1.82, 2.24) is 19.7 Å². The molecule has 3 aromatic rings. The Morgan fingerprint density at radius 3 is 2.68 bits per heavy atom. The number of aromatic nitrogens is 3. The van der Waals surface area contributed by atoms with Gasteiger partial charge in [0.05, 0.1) is 5.69 Å². The molecule has 0 bridgehead atoms. The molecule has 0 aliphatic carbocycles. The Hall–Kier alpha value is -2.76. The van der Waals surface area contributed by atoms with Gasteiger partial charge in [-0.1, -0.05) is 18.2 Å². The number of hydrogen-bond acceptors (Lipinski definition) is 3. The van der Waals surface area contributed by atoms with Gasteiger partial charge in [-0.15, -0.1) is 0 Å². The standard InChI is InChI=1S/C22H25FN4O/c1-15-18-8-9-20(24-22(18)26(2)25-15)17-11-13-27(14-12-17)21(28)10-7-16-5-3-4-6-19(16)23/h3-6,8-9,17H,7,10-14H2,1-2H3. The number of carbonyl (C=O) groups excluding carboxylic acids is 1. The first-order chi connectivity index (χ1) is 13.5. The summed E-state index contributed by atoms with van der Waals surface area (Å²) in [7, 11) is 1.92. The zero-order valence-corrected chi connectivity index (χ0v) is 16.4. The van der Waals surface area contributed by atoms with Gasteiger partial charge in [0.15, 0.2) is 5.65 Å². The molecule has 6 heteroatoms. The lowest BCUT2D eigenvalue weighted by Crippen LogP contribution is -2.38. The average molecular weight is 380 g/mol. The van der Waals surface area contributed by atoms with Crippen LogP contribution >= 0.6 is 0 Å². The van der Waals surface area contributed by atoms with E-state index < -0.39 is 0 Å². The summed E-state index contributed by atoms with van der Waals surface area (Å²) in [6.07, 6.45) is 2.61. The van der Waals surface area contributed by atoms with Crippen molar-refractivity contribution in [3.63, 3.8) is 0 Å². The Bertz CT molecular complexity index is 1000. The molecule has 0 N–H and O–H groups in total. The largest absolute Gasteiger partial charge is 0.343 e. The highest BCUT2D eigenvalue weighted by atomic mass is 19.1. The van der Waals surface area contributed by atoms with E-state index in [9.17, 15) is 9.18 Å². The fraction of sp³-hybridized carbons (Fsp3) is 0.409. The van der Waals surface area contributed by atoms with E-state index in [-0.39, 0.29) is 11.7 Å². The van der Waals surface area contributed by atoms with Crippen LogP contribution in [0.15, 0.2) is 36.4 Å². The molecule has 1 amide bonds. The van der Waals surface area contributed by atoms with E-state index in [1.54, 1.807) is 12.1 Å². The highest BCUT2D eigenvalue weighted by Gasteiger charge is 2.25. The molecule has 2 aromatic heterocycles. The zero-order chi connectivity index (χ0) is 19.7. The summed E-state index contributed by atoms with van der Waals surface area (Å²) in [4.78, 5) is 19.3. The van der Waals surface area contributed by atoms with Crippen LogP contribution in [-0.2, 0) is 18.3 Å². The summed E-state index contributed by atoms with van der Waals surface area (Å²) in [5.41, 5.74) is 3.59. The number of rotatable bonds is 4. The van der Waals surface area contributed by atoms with Gasteiger partial charge in [-0.05, 0) is 49.9 Å². The minimum atomic E-state index is -0.235. The molecule has 1 fully saturated rings. The van der Waals surface area contributed by atoms with Crippen LogP contribution in [0.4, 0.5) is 4.39 Å². The van der Waals surface area contributed by atoms with Gasteiger partial charge in [0.1, 0.15) is 5.82 Å². The molecule has 1 saturated heterocycles. The summed E-state index contributed by atoms with van der Waals surface area (Å²) in [5, 5.41) is 5.53. The maximum atomic E-state index is 13.7. The number of benzene rings is 1. The molecular formula is C22H25FN4O. The van der Waals surface area contributed by atoms with Crippen LogP contribution in [0, 0.1) is 12.7 Å². The van der Waals surface area contributed by atoms with Gasteiger partial charge in [-0.2, -0.15) is 5.10 Å². The third-order valence-corrected chi connectivity index (χ3v) is 5.72. The number of aryl methyl sites for hydroxylation is 3. The predicted octanol–water partition coefficient (Wildman–Crippen LogP) is 3.75. The predicted molar refractivity (Wildman–Crippen MR) is 107 cm³/mol. The molecule has 146 valence electrons. The second kappa shape index (κ2) is 7.70. The molecular weight excluding hydrogens is 355 g/mol. The third kappa shape index (κ3) is 3.63. The van der Waals surface area contributed by atoms with Crippen LogP contribution < -0.4 is 0 Å². The number of carbonyl (C=O) groups is 1. The molecule has 3 heterocycles. The smallest absolute Gasteiger partial charge is 0.222 e. The van der Waals surface area contributed by atoms with E-state index in [2.05, 4.69) is 17.2 Å². The lowest BCUT2D eigenvalue weighted by Gasteiger charge is -2.32. The van der Waals surface area contributed by atoms with Gasteiger partial charge in [0.2, 0.25) is 5.91 Å². The topological polar surface area (TPSA) is 51.0 Å². The summed E-state index contributed by atoms with van der Waals surface area (Å²) >= 11 is 0. The van der Waals surface area contributed by atoms with Crippen LogP contribution in [0.5, 0.6) is 0 Å². The minimum Gasteiger partial charge on any atom is -0.343 e. The number of amides is 1. The number of piperidine rings is 1. The average Bonchev–Trinajstić information content (AvgIpc) is 3.00. The second-order valence-corrected chi connectivity index (χ2v) is 7.56. The van der Waals surface area contributed by atoms with Crippen molar-refractivity contribution in [2.75, 3.05) is 13.1 Å². The molecule has 28 heavy (non-hydrogen) atoms. The fourth-order valence-electron chi connectivity index (χ4n) is 4.07. The van der Waals surface area contributed by atoms with Gasteiger partial charge in [0.25, 0.3) is 0 Å². The summed E-state index contributed by atoms with van der Waals surface area (Å²) in [6.45, 7) is 3.45. The Labute approximate surface area is 164 Å². The van der Waals surface area contributed by atoms with Gasteiger partial charge >= 0.3 is 0 Å². The van der Waals surface area contributed by atoms with Crippen LogP contribution in [-0.4, -0.2) is 38.7 Å².